The number of nitrogens with zero attached hydrogens (tertiary/aromatic N) is 1. The molecule has 18 heavy (non-hydrogen) atoms. The van der Waals surface area contributed by atoms with Crippen molar-refractivity contribution in [3.8, 4) is 0 Å². The van der Waals surface area contributed by atoms with Crippen LogP contribution in [0.2, 0.25) is 0 Å². The maximum atomic E-state index is 11.3. The van der Waals surface area contributed by atoms with Crippen LogP contribution < -0.4 is 10.6 Å². The number of carbonyl (C=O) groups excluding carboxylic acids is 1. The predicted molar refractivity (Wildman–Crippen MR) is 67.6 cm³/mol. The third-order valence-electron chi connectivity index (χ3n) is 2.29. The molecule has 1 rings (SSSR count). The van der Waals surface area contributed by atoms with Gasteiger partial charge in [-0.3, -0.25) is 9.78 Å². The molecule has 1 heterocycles. The molecule has 0 bridgehead atoms. The van der Waals surface area contributed by atoms with Crippen molar-refractivity contribution in [2.24, 2.45) is 0 Å². The van der Waals surface area contributed by atoms with Gasteiger partial charge in [0.05, 0.1) is 5.69 Å². The molecular formula is C12H17N3O3. The number of carboxylic acid groups (broad SMARTS) is 1. The highest BCUT2D eigenvalue weighted by molar-refractivity contribution is 5.93. The molecule has 0 aromatic carbocycles. The van der Waals surface area contributed by atoms with Crippen molar-refractivity contribution >= 4 is 17.6 Å². The molecule has 0 spiro atoms. The molecule has 0 aliphatic carbocycles. The Morgan fingerprint density at radius 1 is 1.39 bits per heavy atom. The first-order valence-corrected chi connectivity index (χ1v) is 5.83. The van der Waals surface area contributed by atoms with Gasteiger partial charge in [0.25, 0.3) is 0 Å². The van der Waals surface area contributed by atoms with Gasteiger partial charge in [-0.15, -0.1) is 0 Å². The van der Waals surface area contributed by atoms with Crippen LogP contribution in [0.1, 0.15) is 30.1 Å². The molecule has 0 radical (unpaired) electrons. The molecule has 0 aliphatic rings. The molecule has 0 aliphatic heterocycles. The van der Waals surface area contributed by atoms with E-state index >= 15 is 0 Å². The van der Waals surface area contributed by atoms with Crippen molar-refractivity contribution < 1.29 is 14.7 Å². The summed E-state index contributed by atoms with van der Waals surface area (Å²) in [6.45, 7) is 3.03. The number of nitrogens with one attached hydrogen (secondary N) is 2. The Kier molecular flexibility index (Phi) is 5.63. The van der Waals surface area contributed by atoms with E-state index in [-0.39, 0.29) is 11.5 Å². The van der Waals surface area contributed by atoms with Gasteiger partial charge in [0.1, 0.15) is 5.56 Å². The standard InChI is InChI=1S/C12H17N3O3/c1-2-5-15-11(16)4-7-14-10-3-6-13-8-9(10)12(17)18/h3,6,8H,2,4-5,7H2,1H3,(H,13,14)(H,15,16)(H,17,18). The van der Waals surface area contributed by atoms with Gasteiger partial charge in [0.15, 0.2) is 0 Å². The Balaban J connectivity index is 2.44. The van der Waals surface area contributed by atoms with Crippen molar-refractivity contribution in [2.75, 3.05) is 18.4 Å². The number of carbonyl (C=O) groups is 2. The van der Waals surface area contributed by atoms with Crippen molar-refractivity contribution in [3.63, 3.8) is 0 Å². The Labute approximate surface area is 105 Å². The summed E-state index contributed by atoms with van der Waals surface area (Å²) in [5.41, 5.74) is 0.576. The number of hydrogen-bond acceptors (Lipinski definition) is 4. The van der Waals surface area contributed by atoms with E-state index in [2.05, 4.69) is 15.6 Å². The number of rotatable bonds is 7. The zero-order chi connectivity index (χ0) is 13.4. The molecule has 1 aromatic rings. The van der Waals surface area contributed by atoms with Crippen LogP contribution in [0.5, 0.6) is 0 Å². The highest BCUT2D eigenvalue weighted by Gasteiger charge is 2.09. The maximum Gasteiger partial charge on any atom is 0.339 e. The summed E-state index contributed by atoms with van der Waals surface area (Å²) in [6.07, 6.45) is 3.99. The molecule has 1 aromatic heterocycles. The monoisotopic (exact) mass is 251 g/mol. The zero-order valence-electron chi connectivity index (χ0n) is 10.3. The minimum absolute atomic E-state index is 0.0460. The highest BCUT2D eigenvalue weighted by atomic mass is 16.4. The molecule has 98 valence electrons. The van der Waals surface area contributed by atoms with Crippen LogP contribution in [-0.4, -0.2) is 35.1 Å². The second-order valence-corrected chi connectivity index (χ2v) is 3.75. The largest absolute Gasteiger partial charge is 0.478 e. The van der Waals surface area contributed by atoms with Gasteiger partial charge in [-0.05, 0) is 12.5 Å². The fraction of sp³-hybridized carbons (Fsp3) is 0.417. The number of anilines is 1. The fourth-order valence-electron chi connectivity index (χ4n) is 1.38. The van der Waals surface area contributed by atoms with E-state index in [0.717, 1.165) is 6.42 Å². The van der Waals surface area contributed by atoms with Crippen molar-refractivity contribution in [3.05, 3.63) is 24.0 Å². The van der Waals surface area contributed by atoms with Crippen LogP contribution >= 0.6 is 0 Å². The summed E-state index contributed by atoms with van der Waals surface area (Å²) in [7, 11) is 0. The third kappa shape index (κ3) is 4.40. The van der Waals surface area contributed by atoms with Crippen LogP contribution in [0.15, 0.2) is 18.5 Å². The Bertz CT molecular complexity index is 421. The molecule has 6 heteroatoms. The third-order valence-corrected chi connectivity index (χ3v) is 2.29. The van der Waals surface area contributed by atoms with Crippen LogP contribution in [0.3, 0.4) is 0 Å². The molecule has 0 saturated carbocycles. The van der Waals surface area contributed by atoms with Gasteiger partial charge in [-0.1, -0.05) is 6.92 Å². The average molecular weight is 251 g/mol. The van der Waals surface area contributed by atoms with E-state index < -0.39 is 5.97 Å². The maximum absolute atomic E-state index is 11.3. The molecule has 1 amide bonds. The topological polar surface area (TPSA) is 91.3 Å². The molecule has 0 saturated heterocycles. The normalized spacial score (nSPS) is 9.83. The van der Waals surface area contributed by atoms with Gasteiger partial charge >= 0.3 is 5.97 Å². The first kappa shape index (κ1) is 14.0. The average Bonchev–Trinajstić information content (AvgIpc) is 2.36. The van der Waals surface area contributed by atoms with Crippen LogP contribution in [-0.2, 0) is 4.79 Å². The minimum atomic E-state index is -1.04. The van der Waals surface area contributed by atoms with Gasteiger partial charge in [0, 0.05) is 31.9 Å². The number of aromatic nitrogens is 1. The van der Waals surface area contributed by atoms with E-state index in [1.165, 1.54) is 12.4 Å². The summed E-state index contributed by atoms with van der Waals surface area (Å²) >= 11 is 0. The van der Waals surface area contributed by atoms with Crippen LogP contribution in [0, 0.1) is 0 Å². The second kappa shape index (κ2) is 7.26. The lowest BCUT2D eigenvalue weighted by Gasteiger charge is -2.08. The van der Waals surface area contributed by atoms with Gasteiger partial charge in [0.2, 0.25) is 5.91 Å². The number of pyridine rings is 1. The lowest BCUT2D eigenvalue weighted by atomic mass is 10.2. The number of aromatic carboxylic acids is 1. The summed E-state index contributed by atoms with van der Waals surface area (Å²) in [4.78, 5) is 26.0. The number of hydrogen-bond donors (Lipinski definition) is 3. The smallest absolute Gasteiger partial charge is 0.339 e. The van der Waals surface area contributed by atoms with E-state index in [9.17, 15) is 9.59 Å². The van der Waals surface area contributed by atoms with Gasteiger partial charge < -0.3 is 15.7 Å². The summed E-state index contributed by atoms with van der Waals surface area (Å²) in [5, 5.41) is 14.6. The van der Waals surface area contributed by atoms with E-state index in [1.807, 2.05) is 6.92 Å². The second-order valence-electron chi connectivity index (χ2n) is 3.75. The fourth-order valence-corrected chi connectivity index (χ4v) is 1.38. The highest BCUT2D eigenvalue weighted by Crippen LogP contribution is 2.12. The van der Waals surface area contributed by atoms with E-state index in [4.69, 9.17) is 5.11 Å². The zero-order valence-corrected chi connectivity index (χ0v) is 10.3. The molecule has 6 nitrogen and oxygen atoms in total. The Hall–Kier alpha value is -2.11. The first-order valence-electron chi connectivity index (χ1n) is 5.83. The summed E-state index contributed by atoms with van der Waals surface area (Å²) < 4.78 is 0. The molecule has 0 unspecified atom stereocenters. The lowest BCUT2D eigenvalue weighted by Crippen LogP contribution is -2.26. The van der Waals surface area contributed by atoms with Gasteiger partial charge in [-0.2, -0.15) is 0 Å². The Morgan fingerprint density at radius 3 is 2.83 bits per heavy atom. The quantitative estimate of drug-likeness (QED) is 0.675. The van der Waals surface area contributed by atoms with Crippen molar-refractivity contribution in [1.29, 1.82) is 0 Å². The molecular weight excluding hydrogens is 234 g/mol. The van der Waals surface area contributed by atoms with E-state index in [0.29, 0.717) is 25.2 Å². The van der Waals surface area contributed by atoms with Gasteiger partial charge in [-0.25, -0.2) is 4.79 Å². The Morgan fingerprint density at radius 2 is 2.17 bits per heavy atom. The number of amides is 1. The first-order chi connectivity index (χ1) is 8.65. The van der Waals surface area contributed by atoms with Crippen molar-refractivity contribution in [1.82, 2.24) is 10.3 Å². The van der Waals surface area contributed by atoms with E-state index in [1.54, 1.807) is 6.07 Å². The van der Waals surface area contributed by atoms with Crippen LogP contribution in [0.25, 0.3) is 0 Å². The number of carboxylic acids is 1. The lowest BCUT2D eigenvalue weighted by molar-refractivity contribution is -0.120. The molecule has 0 atom stereocenters. The van der Waals surface area contributed by atoms with Crippen LogP contribution in [0.4, 0.5) is 5.69 Å². The summed E-state index contributed by atoms with van der Waals surface area (Å²) in [5.74, 6) is -1.09. The molecule has 0 fully saturated rings. The minimum Gasteiger partial charge on any atom is -0.478 e. The summed E-state index contributed by atoms with van der Waals surface area (Å²) in [6, 6.07) is 1.58. The SMILES string of the molecule is CCCNC(=O)CCNc1ccncc1C(=O)O. The predicted octanol–water partition coefficient (Wildman–Crippen LogP) is 1.11. The molecule has 3 N–H and O–H groups in total. The van der Waals surface area contributed by atoms with Crippen molar-refractivity contribution in [2.45, 2.75) is 19.8 Å².